The second-order valence-corrected chi connectivity index (χ2v) is 8.37. The van der Waals surface area contributed by atoms with Crippen molar-refractivity contribution in [1.82, 2.24) is 19.4 Å². The first kappa shape index (κ1) is 14.3. The number of methoxy groups -OCH3 is 1. The molecule has 2 aliphatic rings. The van der Waals surface area contributed by atoms with Gasteiger partial charge in [0.25, 0.3) is 7.59 Å². The molecule has 22 heavy (non-hydrogen) atoms. The van der Waals surface area contributed by atoms with Gasteiger partial charge in [0.05, 0.1) is 7.11 Å². The molecule has 1 aromatic carbocycles. The average Bonchev–Trinajstić information content (AvgIpc) is 3.43. The van der Waals surface area contributed by atoms with Crippen molar-refractivity contribution in [2.45, 2.75) is 6.42 Å². The number of aromatic nitrogens is 1. The van der Waals surface area contributed by atoms with Crippen molar-refractivity contribution in [1.29, 1.82) is 0 Å². The molecule has 0 atom stereocenters. The molecular weight excluding hydrogens is 299 g/mol. The summed E-state index contributed by atoms with van der Waals surface area (Å²) < 4.78 is 22.3. The number of H-pyrrole nitrogens is 1. The molecule has 4 rings (SSSR count). The fourth-order valence-electron chi connectivity index (χ4n) is 2.84. The maximum Gasteiger partial charge on any atom is 0.284 e. The number of aromatic amines is 1. The number of fused-ring (bicyclic) bond motifs is 1. The Morgan fingerprint density at radius 3 is 2.64 bits per heavy atom. The van der Waals surface area contributed by atoms with Crippen LogP contribution in [0.25, 0.3) is 10.9 Å². The largest absolute Gasteiger partial charge is 0.497 e. The van der Waals surface area contributed by atoms with Crippen molar-refractivity contribution >= 4 is 18.5 Å². The second kappa shape index (κ2) is 5.39. The fourth-order valence-corrected chi connectivity index (χ4v) is 5.26. The first-order valence-corrected chi connectivity index (χ1v) is 9.32. The highest BCUT2D eigenvalue weighted by molar-refractivity contribution is 7.57. The van der Waals surface area contributed by atoms with Gasteiger partial charge in [-0.1, -0.05) is 0 Å². The molecule has 0 unspecified atom stereocenters. The maximum absolute atomic E-state index is 12.9. The predicted octanol–water partition coefficient (Wildman–Crippen LogP) is 2.05. The average molecular weight is 320 g/mol. The lowest BCUT2D eigenvalue weighted by atomic mass is 10.1. The van der Waals surface area contributed by atoms with E-state index in [4.69, 9.17) is 4.74 Å². The lowest BCUT2D eigenvalue weighted by Crippen LogP contribution is -2.23. The Bertz CT molecular complexity index is 720. The summed E-state index contributed by atoms with van der Waals surface area (Å²) in [5, 5.41) is 4.49. The van der Waals surface area contributed by atoms with Gasteiger partial charge in [0, 0.05) is 49.8 Å². The molecule has 0 saturated carbocycles. The summed E-state index contributed by atoms with van der Waals surface area (Å²) in [5.41, 5.74) is 2.33. The normalized spacial score (nSPS) is 18.8. The number of ether oxygens (including phenoxy) is 1. The summed E-state index contributed by atoms with van der Waals surface area (Å²) in [6, 6.07) is 6.03. The molecule has 2 aromatic rings. The molecule has 2 saturated heterocycles. The fraction of sp³-hybridized carbons (Fsp3) is 0.467. The van der Waals surface area contributed by atoms with Gasteiger partial charge in [-0.25, -0.2) is 14.4 Å². The minimum Gasteiger partial charge on any atom is -0.497 e. The van der Waals surface area contributed by atoms with Gasteiger partial charge in [-0.3, -0.25) is 4.57 Å². The topological polar surface area (TPSA) is 60.1 Å². The van der Waals surface area contributed by atoms with E-state index in [-0.39, 0.29) is 0 Å². The van der Waals surface area contributed by atoms with Crippen molar-refractivity contribution in [2.75, 3.05) is 39.8 Å². The maximum atomic E-state index is 12.9. The number of hydrogen-bond acceptors (Lipinski definition) is 2. The lowest BCUT2D eigenvalue weighted by Gasteiger charge is -2.20. The van der Waals surface area contributed by atoms with Crippen LogP contribution in [-0.4, -0.2) is 54.2 Å². The molecule has 1 aromatic heterocycles. The van der Waals surface area contributed by atoms with Crippen LogP contribution in [-0.2, 0) is 11.0 Å². The summed E-state index contributed by atoms with van der Waals surface area (Å²) in [6.45, 7) is 4.51. The molecule has 6 nitrogen and oxygen atoms in total. The van der Waals surface area contributed by atoms with Crippen LogP contribution < -0.4 is 9.82 Å². The molecule has 2 fully saturated rings. The summed E-state index contributed by atoms with van der Waals surface area (Å²) in [6.07, 6.45) is 2.88. The summed E-state index contributed by atoms with van der Waals surface area (Å²) in [4.78, 5) is 3.28. The number of benzene rings is 1. The lowest BCUT2D eigenvalue weighted by molar-refractivity contribution is 0.415. The zero-order valence-electron chi connectivity index (χ0n) is 12.7. The molecule has 0 bridgehead atoms. The monoisotopic (exact) mass is 320 g/mol. The molecule has 0 radical (unpaired) electrons. The molecule has 2 N–H and O–H groups in total. The van der Waals surface area contributed by atoms with Gasteiger partial charge in [-0.05, 0) is 30.2 Å². The SMILES string of the molecule is COc1ccc2[nH]cc(CCNP(=O)(N3CC3)N3CC3)c2c1. The molecule has 7 heteroatoms. The van der Waals surface area contributed by atoms with Crippen molar-refractivity contribution in [2.24, 2.45) is 0 Å². The molecule has 118 valence electrons. The third-order valence-electron chi connectivity index (χ3n) is 4.30. The Morgan fingerprint density at radius 2 is 2.00 bits per heavy atom. The minimum atomic E-state index is -2.45. The Morgan fingerprint density at radius 1 is 1.27 bits per heavy atom. The molecule has 0 aliphatic carbocycles. The molecule has 3 heterocycles. The summed E-state index contributed by atoms with van der Waals surface area (Å²) in [5.74, 6) is 0.861. The minimum absolute atomic E-state index is 0.717. The van der Waals surface area contributed by atoms with Gasteiger partial charge in [0.2, 0.25) is 0 Å². The molecule has 2 aliphatic heterocycles. The van der Waals surface area contributed by atoms with Crippen LogP contribution >= 0.6 is 7.59 Å². The van der Waals surface area contributed by atoms with Crippen molar-refractivity contribution in [3.05, 3.63) is 30.0 Å². The van der Waals surface area contributed by atoms with Crippen LogP contribution in [0.1, 0.15) is 5.56 Å². The second-order valence-electron chi connectivity index (χ2n) is 5.83. The van der Waals surface area contributed by atoms with Crippen LogP contribution in [0.2, 0.25) is 0 Å². The quantitative estimate of drug-likeness (QED) is 0.604. The van der Waals surface area contributed by atoms with Gasteiger partial charge in [0.15, 0.2) is 0 Å². The van der Waals surface area contributed by atoms with E-state index in [2.05, 4.69) is 25.5 Å². The van der Waals surface area contributed by atoms with Crippen molar-refractivity contribution in [3.63, 3.8) is 0 Å². The van der Waals surface area contributed by atoms with Crippen molar-refractivity contribution < 1.29 is 9.30 Å². The van der Waals surface area contributed by atoms with E-state index in [0.717, 1.165) is 43.9 Å². The van der Waals surface area contributed by atoms with Gasteiger partial charge in [-0.15, -0.1) is 0 Å². The van der Waals surface area contributed by atoms with E-state index < -0.39 is 7.59 Å². The summed E-state index contributed by atoms with van der Waals surface area (Å²) in [7, 11) is -0.773. The number of nitrogens with zero attached hydrogens (tertiary/aromatic N) is 2. The van der Waals surface area contributed by atoms with Gasteiger partial charge < -0.3 is 9.72 Å². The molecule has 0 spiro atoms. The van der Waals surface area contributed by atoms with Crippen LogP contribution in [0, 0.1) is 0 Å². The van der Waals surface area contributed by atoms with E-state index in [1.165, 1.54) is 10.9 Å². The Hall–Kier alpha value is -1.33. The third kappa shape index (κ3) is 2.57. The summed E-state index contributed by atoms with van der Waals surface area (Å²) >= 11 is 0. The standard InChI is InChI=1S/C15H21N4O2P/c1-21-13-2-3-15-14(10-13)12(11-16-15)4-5-17-22(20,18-6-7-18)19-8-9-19/h2-3,10-11,16H,4-9H2,1H3,(H,17,20). The van der Waals surface area contributed by atoms with Crippen LogP contribution in [0.5, 0.6) is 5.75 Å². The first-order valence-electron chi connectivity index (χ1n) is 7.71. The van der Waals surface area contributed by atoms with E-state index in [0.29, 0.717) is 6.54 Å². The number of hydrogen-bond donors (Lipinski definition) is 2. The van der Waals surface area contributed by atoms with Crippen LogP contribution in [0.4, 0.5) is 0 Å². The first-order chi connectivity index (χ1) is 10.7. The van der Waals surface area contributed by atoms with Gasteiger partial charge in [-0.2, -0.15) is 0 Å². The predicted molar refractivity (Wildman–Crippen MR) is 87.3 cm³/mol. The van der Waals surface area contributed by atoms with Gasteiger partial charge >= 0.3 is 0 Å². The number of nitrogens with one attached hydrogen (secondary N) is 2. The van der Waals surface area contributed by atoms with E-state index in [1.54, 1.807) is 7.11 Å². The smallest absolute Gasteiger partial charge is 0.284 e. The highest BCUT2D eigenvalue weighted by Crippen LogP contribution is 2.56. The van der Waals surface area contributed by atoms with Crippen molar-refractivity contribution in [3.8, 4) is 5.75 Å². The Kier molecular flexibility index (Phi) is 3.50. The van der Waals surface area contributed by atoms with E-state index in [9.17, 15) is 4.57 Å². The Labute approximate surface area is 130 Å². The highest BCUT2D eigenvalue weighted by Gasteiger charge is 2.47. The van der Waals surface area contributed by atoms with Gasteiger partial charge in [0.1, 0.15) is 5.75 Å². The van der Waals surface area contributed by atoms with E-state index in [1.807, 2.05) is 18.3 Å². The number of rotatable bonds is 7. The Balaban J connectivity index is 1.46. The van der Waals surface area contributed by atoms with Crippen LogP contribution in [0.15, 0.2) is 24.4 Å². The van der Waals surface area contributed by atoms with E-state index >= 15 is 0 Å². The molecular formula is C15H21N4O2P. The molecule has 0 amide bonds. The zero-order chi connectivity index (χ0) is 15.2. The highest BCUT2D eigenvalue weighted by atomic mass is 31.2. The third-order valence-corrected chi connectivity index (χ3v) is 7.27. The zero-order valence-corrected chi connectivity index (χ0v) is 13.6. The van der Waals surface area contributed by atoms with Crippen LogP contribution in [0.3, 0.4) is 0 Å².